The van der Waals surface area contributed by atoms with Gasteiger partial charge in [-0.25, -0.2) is 4.98 Å². The Morgan fingerprint density at radius 2 is 1.92 bits per heavy atom. The molecule has 1 fully saturated rings. The van der Waals surface area contributed by atoms with E-state index >= 15 is 0 Å². The van der Waals surface area contributed by atoms with Crippen LogP contribution in [0.25, 0.3) is 16.0 Å². The molecule has 2 aliphatic rings. The molecule has 2 atom stereocenters. The molecule has 0 radical (unpaired) electrons. The number of ether oxygens (including phenoxy) is 2. The molecule has 1 aromatic heterocycles. The number of nitrogens with zero attached hydrogens (tertiary/aromatic N) is 2. The number of thiazole rings is 1. The normalized spacial score (nSPS) is 19.9. The van der Waals surface area contributed by atoms with E-state index in [0.717, 1.165) is 33.5 Å². The van der Waals surface area contributed by atoms with Crippen LogP contribution in [0, 0.1) is 6.92 Å². The van der Waals surface area contributed by atoms with Crippen molar-refractivity contribution in [2.45, 2.75) is 45.8 Å². The number of fused-ring (bicyclic) bond motifs is 2. The van der Waals surface area contributed by atoms with Gasteiger partial charge in [-0.2, -0.15) is 0 Å². The summed E-state index contributed by atoms with van der Waals surface area (Å²) in [5.41, 5.74) is 3.96. The number of hydrogen-bond donors (Lipinski definition) is 1. The summed E-state index contributed by atoms with van der Waals surface area (Å²) in [6, 6.07) is 17.7. The molecule has 1 saturated heterocycles. The monoisotopic (exact) mass is 540 g/mol. The molecule has 39 heavy (non-hydrogen) atoms. The second-order valence-electron chi connectivity index (χ2n) is 10.0. The fourth-order valence-electron chi connectivity index (χ4n) is 5.16. The predicted octanol–water partition coefficient (Wildman–Crippen LogP) is 6.34. The molecule has 3 heterocycles. The summed E-state index contributed by atoms with van der Waals surface area (Å²) in [6.07, 6.45) is 1.63. The number of amides is 1. The first-order chi connectivity index (χ1) is 18.8. The fraction of sp³-hybridized carbons (Fsp3) is 0.258. The largest absolute Gasteiger partial charge is 0.507 e. The number of benzene rings is 3. The van der Waals surface area contributed by atoms with Crippen LogP contribution >= 0.6 is 11.3 Å². The van der Waals surface area contributed by atoms with E-state index in [2.05, 4.69) is 0 Å². The topological polar surface area (TPSA) is 89.0 Å². The Kier molecular flexibility index (Phi) is 6.35. The third-order valence-electron chi connectivity index (χ3n) is 7.02. The maximum absolute atomic E-state index is 13.6. The highest BCUT2D eigenvalue weighted by atomic mass is 32.1. The van der Waals surface area contributed by atoms with E-state index in [1.807, 2.05) is 69.3 Å². The molecule has 1 N–H and O–H groups in total. The molecule has 6 rings (SSSR count). The van der Waals surface area contributed by atoms with E-state index in [9.17, 15) is 14.7 Å². The number of aromatic nitrogens is 1. The van der Waals surface area contributed by atoms with Gasteiger partial charge < -0.3 is 14.6 Å². The van der Waals surface area contributed by atoms with Gasteiger partial charge in [0, 0.05) is 12.0 Å². The Hall–Kier alpha value is -4.17. The van der Waals surface area contributed by atoms with Gasteiger partial charge >= 0.3 is 5.91 Å². The van der Waals surface area contributed by atoms with E-state index < -0.39 is 17.7 Å². The molecule has 1 amide bonds. The van der Waals surface area contributed by atoms with Crippen LogP contribution in [0.5, 0.6) is 11.5 Å². The number of ketones is 1. The minimum absolute atomic E-state index is 0.0320. The van der Waals surface area contributed by atoms with Crippen LogP contribution in [-0.4, -0.2) is 34.5 Å². The molecule has 0 aliphatic carbocycles. The lowest BCUT2D eigenvalue weighted by Crippen LogP contribution is -2.29. The second-order valence-corrected chi connectivity index (χ2v) is 11.0. The van der Waals surface area contributed by atoms with Crippen LogP contribution in [0.3, 0.4) is 0 Å². The molecular weight excluding hydrogens is 512 g/mol. The second kappa shape index (κ2) is 9.85. The van der Waals surface area contributed by atoms with Crippen molar-refractivity contribution >= 4 is 44.1 Å². The molecule has 8 heteroatoms. The number of rotatable bonds is 6. The Morgan fingerprint density at radius 1 is 1.13 bits per heavy atom. The Morgan fingerprint density at radius 3 is 2.69 bits per heavy atom. The first-order valence-electron chi connectivity index (χ1n) is 13.0. The van der Waals surface area contributed by atoms with Crippen molar-refractivity contribution in [1.29, 1.82) is 0 Å². The number of aliphatic hydroxyl groups is 1. The molecule has 0 saturated carbocycles. The average molecular weight is 541 g/mol. The smallest absolute Gasteiger partial charge is 0.301 e. The summed E-state index contributed by atoms with van der Waals surface area (Å²) in [6.45, 7) is 6.60. The number of aliphatic hydroxyl groups excluding tert-OH is 1. The predicted molar refractivity (Wildman–Crippen MR) is 152 cm³/mol. The van der Waals surface area contributed by atoms with Gasteiger partial charge in [0.15, 0.2) is 5.13 Å². The molecule has 4 aromatic rings. The van der Waals surface area contributed by atoms with Crippen LogP contribution in [-0.2, 0) is 16.0 Å². The summed E-state index contributed by atoms with van der Waals surface area (Å²) in [5, 5.41) is 12.0. The summed E-state index contributed by atoms with van der Waals surface area (Å²) < 4.78 is 12.5. The van der Waals surface area contributed by atoms with Gasteiger partial charge in [-0.1, -0.05) is 36.5 Å². The van der Waals surface area contributed by atoms with Crippen LogP contribution < -0.4 is 14.4 Å². The quantitative estimate of drug-likeness (QED) is 0.174. The summed E-state index contributed by atoms with van der Waals surface area (Å²) in [7, 11) is 0. The molecule has 3 aromatic carbocycles. The minimum Gasteiger partial charge on any atom is -0.507 e. The van der Waals surface area contributed by atoms with Crippen molar-refractivity contribution in [2.24, 2.45) is 0 Å². The van der Waals surface area contributed by atoms with Crippen LogP contribution in [0.15, 0.2) is 66.2 Å². The maximum Gasteiger partial charge on any atom is 0.301 e. The van der Waals surface area contributed by atoms with Crippen molar-refractivity contribution in [1.82, 2.24) is 4.98 Å². The highest BCUT2D eigenvalue weighted by Crippen LogP contribution is 2.45. The molecule has 0 unspecified atom stereocenters. The summed E-state index contributed by atoms with van der Waals surface area (Å²) in [4.78, 5) is 33.3. The molecule has 0 spiro atoms. The third kappa shape index (κ3) is 4.44. The lowest BCUT2D eigenvalue weighted by Gasteiger charge is -2.23. The maximum atomic E-state index is 13.6. The van der Waals surface area contributed by atoms with E-state index in [1.165, 1.54) is 16.2 Å². The molecule has 198 valence electrons. The zero-order valence-corrected chi connectivity index (χ0v) is 22.7. The molecule has 7 nitrogen and oxygen atoms in total. The van der Waals surface area contributed by atoms with Crippen LogP contribution in [0.1, 0.15) is 48.6 Å². The molecular formula is C31H28N2O5S. The lowest BCUT2D eigenvalue weighted by molar-refractivity contribution is -0.132. The Labute approximate surface area is 230 Å². The van der Waals surface area contributed by atoms with Crippen molar-refractivity contribution < 1.29 is 24.2 Å². The number of carbonyl (C=O) groups is 2. The average Bonchev–Trinajstić information content (AvgIpc) is 3.59. The Bertz CT molecular complexity index is 1640. The SMILES string of the molecule is CCCOc1ccc([C@H]2/C(=C(\O)c3ccc4c(c3)C[C@@H](C)O4)C(=O)C(=O)N2c2nc3ccc(C)cc3s2)cc1. The molecule has 2 aliphatic heterocycles. The fourth-order valence-corrected chi connectivity index (χ4v) is 6.25. The van der Waals surface area contributed by atoms with Crippen molar-refractivity contribution in [2.75, 3.05) is 11.5 Å². The van der Waals surface area contributed by atoms with Crippen molar-refractivity contribution in [3.8, 4) is 11.5 Å². The van der Waals surface area contributed by atoms with E-state index in [0.29, 0.717) is 35.0 Å². The minimum atomic E-state index is -0.852. The van der Waals surface area contributed by atoms with E-state index in [4.69, 9.17) is 14.5 Å². The zero-order valence-electron chi connectivity index (χ0n) is 21.9. The van der Waals surface area contributed by atoms with Crippen LogP contribution in [0.4, 0.5) is 5.13 Å². The molecule has 0 bridgehead atoms. The van der Waals surface area contributed by atoms with Gasteiger partial charge in [0.1, 0.15) is 23.4 Å². The van der Waals surface area contributed by atoms with Gasteiger partial charge in [0.25, 0.3) is 5.78 Å². The highest BCUT2D eigenvalue weighted by molar-refractivity contribution is 7.22. The summed E-state index contributed by atoms with van der Waals surface area (Å²) in [5.74, 6) is -0.221. The highest BCUT2D eigenvalue weighted by Gasteiger charge is 2.48. The van der Waals surface area contributed by atoms with Crippen molar-refractivity contribution in [3.63, 3.8) is 0 Å². The lowest BCUT2D eigenvalue weighted by atomic mass is 9.94. The van der Waals surface area contributed by atoms with Crippen LogP contribution in [0.2, 0.25) is 0 Å². The van der Waals surface area contributed by atoms with Gasteiger partial charge in [0.05, 0.1) is 28.4 Å². The third-order valence-corrected chi connectivity index (χ3v) is 8.04. The number of carbonyl (C=O) groups excluding carboxylic acids is 2. The van der Waals surface area contributed by atoms with Gasteiger partial charge in [-0.3, -0.25) is 14.5 Å². The van der Waals surface area contributed by atoms with Gasteiger partial charge in [-0.15, -0.1) is 0 Å². The van der Waals surface area contributed by atoms with Gasteiger partial charge in [-0.05, 0) is 79.4 Å². The van der Waals surface area contributed by atoms with E-state index in [1.54, 1.807) is 12.1 Å². The number of Topliss-reactive ketones (excluding diaryl/α,β-unsaturated/α-hetero) is 1. The first kappa shape index (κ1) is 25.1. The van der Waals surface area contributed by atoms with Crippen molar-refractivity contribution in [3.05, 3.63) is 88.5 Å². The van der Waals surface area contributed by atoms with Gasteiger partial charge in [0.2, 0.25) is 0 Å². The number of aryl methyl sites for hydroxylation is 1. The standard InChI is InChI=1S/C31H28N2O5S/c1-4-13-37-22-9-6-19(7-10-22)27-26(28(34)20-8-12-24-21(16-20)15-18(3)38-24)29(35)30(36)33(27)31-32-23-11-5-17(2)14-25(23)39-31/h5-12,14,16,18,27,34H,4,13,15H2,1-3H3/b28-26+/t18-,27+/m1/s1. The first-order valence-corrected chi connectivity index (χ1v) is 13.9. The number of hydrogen-bond acceptors (Lipinski definition) is 7. The Balaban J connectivity index is 1.49. The number of anilines is 1. The van der Waals surface area contributed by atoms with E-state index in [-0.39, 0.29) is 17.4 Å². The zero-order chi connectivity index (χ0) is 27.3. The summed E-state index contributed by atoms with van der Waals surface area (Å²) >= 11 is 1.35.